The van der Waals surface area contributed by atoms with Gasteiger partial charge in [-0.1, -0.05) is 11.6 Å². The van der Waals surface area contributed by atoms with Crippen LogP contribution in [-0.2, 0) is 0 Å². The van der Waals surface area contributed by atoms with Crippen LogP contribution in [0.15, 0.2) is 18.2 Å². The smallest absolute Gasteiger partial charge is 0.119 e. The molecule has 120 valence electrons. The summed E-state index contributed by atoms with van der Waals surface area (Å²) < 4.78 is 5.53. The average Bonchev–Trinajstić information content (AvgIpc) is 2.47. The van der Waals surface area contributed by atoms with E-state index in [1.165, 1.54) is 0 Å². The lowest BCUT2D eigenvalue weighted by Gasteiger charge is -2.13. The van der Waals surface area contributed by atoms with Crippen LogP contribution in [0.25, 0.3) is 0 Å². The first-order valence-corrected chi connectivity index (χ1v) is 8.63. The zero-order valence-corrected chi connectivity index (χ0v) is 13.9. The number of nitrogens with one attached hydrogen (secondary N) is 1. The van der Waals surface area contributed by atoms with Gasteiger partial charge >= 0.3 is 0 Å². The average molecular weight is 334 g/mol. The Bertz CT molecular complexity index is 407. The molecule has 1 aromatic carbocycles. The third-order valence-electron chi connectivity index (χ3n) is 2.82. The second-order valence-electron chi connectivity index (χ2n) is 4.77. The highest BCUT2D eigenvalue weighted by molar-refractivity contribution is 7.99. The van der Waals surface area contributed by atoms with Gasteiger partial charge < -0.3 is 20.3 Å². The van der Waals surface area contributed by atoms with Crippen molar-refractivity contribution < 1.29 is 14.9 Å². The van der Waals surface area contributed by atoms with Crippen LogP contribution < -0.4 is 10.1 Å². The number of aliphatic hydroxyl groups excluding tert-OH is 2. The summed E-state index contributed by atoms with van der Waals surface area (Å²) in [6, 6.07) is 5.45. The van der Waals surface area contributed by atoms with E-state index in [0.717, 1.165) is 35.8 Å². The molecule has 0 aliphatic rings. The van der Waals surface area contributed by atoms with Gasteiger partial charge in [0.2, 0.25) is 0 Å². The van der Waals surface area contributed by atoms with Crippen molar-refractivity contribution in [2.24, 2.45) is 0 Å². The van der Waals surface area contributed by atoms with Gasteiger partial charge in [-0.05, 0) is 42.9 Å². The molecule has 0 saturated carbocycles. The number of aliphatic hydroxyl groups is 2. The van der Waals surface area contributed by atoms with E-state index < -0.39 is 6.10 Å². The topological polar surface area (TPSA) is 61.7 Å². The standard InChI is InChI=1S/C15H24ClNO3S/c1-12-9-14(3-4-15(12)16)20-11-13(19)10-17-5-8-21-7-2-6-18/h3-4,9,13,17-19H,2,5-8,10-11H2,1H3. The Hall–Kier alpha value is -0.460. The maximum absolute atomic E-state index is 9.82. The molecule has 0 aliphatic heterocycles. The first kappa shape index (κ1) is 18.6. The summed E-state index contributed by atoms with van der Waals surface area (Å²) in [5.41, 5.74) is 0.960. The number of ether oxygens (including phenoxy) is 1. The third-order valence-corrected chi connectivity index (χ3v) is 4.32. The molecule has 0 bridgehead atoms. The normalized spacial score (nSPS) is 12.4. The fourth-order valence-corrected chi connectivity index (χ4v) is 2.58. The number of aryl methyl sites for hydroxylation is 1. The predicted molar refractivity (Wildman–Crippen MR) is 89.6 cm³/mol. The summed E-state index contributed by atoms with van der Waals surface area (Å²) in [6.45, 7) is 3.77. The molecule has 0 spiro atoms. The molecule has 1 unspecified atom stereocenters. The van der Waals surface area contributed by atoms with E-state index in [4.69, 9.17) is 21.4 Å². The molecule has 0 aromatic heterocycles. The molecule has 0 fully saturated rings. The van der Waals surface area contributed by atoms with Crippen LogP contribution in [0.1, 0.15) is 12.0 Å². The van der Waals surface area contributed by atoms with Crippen molar-refractivity contribution in [2.75, 3.05) is 37.8 Å². The first-order chi connectivity index (χ1) is 10.1. The number of halogens is 1. The second kappa shape index (κ2) is 11.2. The quantitative estimate of drug-likeness (QED) is 0.541. The molecular weight excluding hydrogens is 310 g/mol. The summed E-state index contributed by atoms with van der Waals surface area (Å²) >= 11 is 7.74. The molecule has 0 aliphatic carbocycles. The monoisotopic (exact) mass is 333 g/mol. The molecular formula is C15H24ClNO3S. The fraction of sp³-hybridized carbons (Fsp3) is 0.600. The summed E-state index contributed by atoms with van der Waals surface area (Å²) in [5, 5.41) is 22.4. The van der Waals surface area contributed by atoms with Crippen LogP contribution in [0, 0.1) is 6.92 Å². The SMILES string of the molecule is Cc1cc(OCC(O)CNCCSCCCO)ccc1Cl. The molecule has 4 nitrogen and oxygen atoms in total. The summed E-state index contributed by atoms with van der Waals surface area (Å²) in [7, 11) is 0. The van der Waals surface area contributed by atoms with Crippen LogP contribution in [0.4, 0.5) is 0 Å². The third kappa shape index (κ3) is 8.53. The van der Waals surface area contributed by atoms with Gasteiger partial charge in [0.15, 0.2) is 0 Å². The molecule has 1 atom stereocenters. The summed E-state index contributed by atoms with van der Waals surface area (Å²) in [5.74, 6) is 2.67. The molecule has 1 aromatic rings. The van der Waals surface area contributed by atoms with Crippen molar-refractivity contribution in [3.8, 4) is 5.75 Å². The van der Waals surface area contributed by atoms with E-state index in [9.17, 15) is 5.11 Å². The number of benzene rings is 1. The Labute approximate surface area is 135 Å². The van der Waals surface area contributed by atoms with Crippen molar-refractivity contribution >= 4 is 23.4 Å². The zero-order valence-electron chi connectivity index (χ0n) is 12.3. The molecule has 21 heavy (non-hydrogen) atoms. The molecule has 0 amide bonds. The molecule has 3 N–H and O–H groups in total. The van der Waals surface area contributed by atoms with Crippen LogP contribution in [0.3, 0.4) is 0 Å². The van der Waals surface area contributed by atoms with Gasteiger partial charge in [0.1, 0.15) is 18.5 Å². The summed E-state index contributed by atoms with van der Waals surface area (Å²) in [6.07, 6.45) is 0.296. The van der Waals surface area contributed by atoms with Gasteiger partial charge in [-0.2, -0.15) is 11.8 Å². The van der Waals surface area contributed by atoms with E-state index in [-0.39, 0.29) is 13.2 Å². The van der Waals surface area contributed by atoms with Crippen molar-refractivity contribution in [1.29, 1.82) is 0 Å². The van der Waals surface area contributed by atoms with Gasteiger partial charge in [-0.25, -0.2) is 0 Å². The molecule has 0 radical (unpaired) electrons. The number of hydrogen-bond donors (Lipinski definition) is 3. The van der Waals surface area contributed by atoms with Crippen molar-refractivity contribution in [3.05, 3.63) is 28.8 Å². The Kier molecular flexibility index (Phi) is 9.87. The molecule has 1 rings (SSSR count). The highest BCUT2D eigenvalue weighted by atomic mass is 35.5. The molecule has 0 saturated heterocycles. The largest absolute Gasteiger partial charge is 0.491 e. The van der Waals surface area contributed by atoms with E-state index in [1.807, 2.05) is 13.0 Å². The lowest BCUT2D eigenvalue weighted by atomic mass is 10.2. The van der Waals surface area contributed by atoms with Crippen molar-refractivity contribution in [3.63, 3.8) is 0 Å². The number of rotatable bonds is 11. The fourth-order valence-electron chi connectivity index (χ4n) is 1.64. The lowest BCUT2D eigenvalue weighted by Crippen LogP contribution is -2.32. The first-order valence-electron chi connectivity index (χ1n) is 7.10. The van der Waals surface area contributed by atoms with E-state index in [1.54, 1.807) is 23.9 Å². The Morgan fingerprint density at radius 1 is 1.38 bits per heavy atom. The Morgan fingerprint density at radius 2 is 2.19 bits per heavy atom. The highest BCUT2D eigenvalue weighted by Gasteiger charge is 2.05. The van der Waals surface area contributed by atoms with Crippen LogP contribution in [-0.4, -0.2) is 54.1 Å². The summed E-state index contributed by atoms with van der Waals surface area (Å²) in [4.78, 5) is 0. The van der Waals surface area contributed by atoms with Crippen molar-refractivity contribution in [2.45, 2.75) is 19.4 Å². The molecule has 6 heteroatoms. The van der Waals surface area contributed by atoms with E-state index in [0.29, 0.717) is 11.6 Å². The van der Waals surface area contributed by atoms with E-state index in [2.05, 4.69) is 5.32 Å². The lowest BCUT2D eigenvalue weighted by molar-refractivity contribution is 0.107. The van der Waals surface area contributed by atoms with Crippen molar-refractivity contribution in [1.82, 2.24) is 5.32 Å². The Morgan fingerprint density at radius 3 is 2.90 bits per heavy atom. The minimum atomic E-state index is -0.538. The van der Waals surface area contributed by atoms with Crippen LogP contribution in [0.2, 0.25) is 5.02 Å². The van der Waals surface area contributed by atoms with Crippen LogP contribution in [0.5, 0.6) is 5.75 Å². The maximum atomic E-state index is 9.82. The van der Waals surface area contributed by atoms with Crippen LogP contribution >= 0.6 is 23.4 Å². The minimum Gasteiger partial charge on any atom is -0.491 e. The van der Waals surface area contributed by atoms with E-state index >= 15 is 0 Å². The Balaban J connectivity index is 2.08. The second-order valence-corrected chi connectivity index (χ2v) is 6.40. The van der Waals surface area contributed by atoms with Gasteiger partial charge in [-0.15, -0.1) is 0 Å². The molecule has 0 heterocycles. The predicted octanol–water partition coefficient (Wildman–Crippen LogP) is 2.09. The minimum absolute atomic E-state index is 0.251. The maximum Gasteiger partial charge on any atom is 0.119 e. The zero-order chi connectivity index (χ0) is 15.5. The van der Waals surface area contributed by atoms with Gasteiger partial charge in [0.05, 0.1) is 0 Å². The van der Waals surface area contributed by atoms with Gasteiger partial charge in [-0.3, -0.25) is 0 Å². The number of hydrogen-bond acceptors (Lipinski definition) is 5. The van der Waals surface area contributed by atoms with Gasteiger partial charge in [0, 0.05) is 30.5 Å². The highest BCUT2D eigenvalue weighted by Crippen LogP contribution is 2.21. The van der Waals surface area contributed by atoms with Gasteiger partial charge in [0.25, 0.3) is 0 Å². The number of thioether (sulfide) groups is 1.